The molecule has 20 heavy (non-hydrogen) atoms. The average molecular weight is 271 g/mol. The highest BCUT2D eigenvalue weighted by Gasteiger charge is 2.51. The number of carbonyl (C=O) groups is 1. The Morgan fingerprint density at radius 3 is 2.50 bits per heavy atom. The summed E-state index contributed by atoms with van der Waals surface area (Å²) in [7, 11) is 1.81. The van der Waals surface area contributed by atoms with Crippen molar-refractivity contribution >= 4 is 11.7 Å². The highest BCUT2D eigenvalue weighted by atomic mass is 16.2. The molecule has 1 saturated heterocycles. The van der Waals surface area contributed by atoms with E-state index in [-0.39, 0.29) is 17.7 Å². The molecule has 1 atom stereocenters. The summed E-state index contributed by atoms with van der Waals surface area (Å²) in [4.78, 5) is 20.1. The molecule has 2 aromatic rings. The minimum Gasteiger partial charge on any atom is -0.318 e. The van der Waals surface area contributed by atoms with Crippen LogP contribution in [-0.4, -0.2) is 38.3 Å². The quantitative estimate of drug-likeness (QED) is 0.840. The van der Waals surface area contributed by atoms with Gasteiger partial charge in [-0.2, -0.15) is 5.10 Å². The lowest BCUT2D eigenvalue weighted by atomic mass is 10.0. The normalized spacial score (nSPS) is 21.6. The second kappa shape index (κ2) is 4.33. The van der Waals surface area contributed by atoms with Gasteiger partial charge in [0.15, 0.2) is 6.17 Å². The number of carbonyl (C=O) groups excluding carboxylic acids is 1. The third kappa shape index (κ3) is 1.68. The number of hydrogen-bond donors (Lipinski definition) is 0. The van der Waals surface area contributed by atoms with Gasteiger partial charge in [-0.05, 0) is 26.0 Å². The molecule has 0 spiro atoms. The van der Waals surface area contributed by atoms with Crippen LogP contribution in [0.25, 0.3) is 0 Å². The van der Waals surface area contributed by atoms with Crippen molar-refractivity contribution in [3.8, 4) is 0 Å². The van der Waals surface area contributed by atoms with Crippen LogP contribution in [0.3, 0.4) is 0 Å². The maximum atomic E-state index is 12.6. The SMILES string of the molecule is CN1C(=O)N(c2ccccc2)[C@@H](n2cncn2)C1(C)C. The molecule has 1 aromatic heterocycles. The summed E-state index contributed by atoms with van der Waals surface area (Å²) in [6.07, 6.45) is 2.90. The van der Waals surface area contributed by atoms with Gasteiger partial charge in [0.2, 0.25) is 0 Å². The largest absolute Gasteiger partial charge is 0.326 e. The lowest BCUT2D eigenvalue weighted by Crippen LogP contribution is -2.42. The first-order chi connectivity index (χ1) is 9.53. The molecule has 1 aromatic carbocycles. The Bertz CT molecular complexity index is 608. The van der Waals surface area contributed by atoms with Crippen LogP contribution in [0.5, 0.6) is 0 Å². The van der Waals surface area contributed by atoms with E-state index in [0.29, 0.717) is 0 Å². The number of hydrogen-bond acceptors (Lipinski definition) is 3. The van der Waals surface area contributed by atoms with Crippen LogP contribution in [0.4, 0.5) is 10.5 Å². The summed E-state index contributed by atoms with van der Waals surface area (Å²) in [6.45, 7) is 4.06. The van der Waals surface area contributed by atoms with E-state index in [1.54, 1.807) is 20.8 Å². The van der Waals surface area contributed by atoms with Gasteiger partial charge in [0.1, 0.15) is 12.7 Å². The van der Waals surface area contributed by atoms with Crippen LogP contribution in [0.2, 0.25) is 0 Å². The Balaban J connectivity index is 2.13. The van der Waals surface area contributed by atoms with Crippen LogP contribution < -0.4 is 4.90 Å². The second-order valence-electron chi connectivity index (χ2n) is 5.45. The maximum Gasteiger partial charge on any atom is 0.326 e. The molecule has 6 nitrogen and oxygen atoms in total. The Morgan fingerprint density at radius 1 is 1.20 bits per heavy atom. The lowest BCUT2D eigenvalue weighted by molar-refractivity contribution is 0.168. The summed E-state index contributed by atoms with van der Waals surface area (Å²) in [5.74, 6) is 0. The molecule has 0 bridgehead atoms. The van der Waals surface area contributed by atoms with Gasteiger partial charge in [-0.25, -0.2) is 14.5 Å². The van der Waals surface area contributed by atoms with E-state index in [0.717, 1.165) is 5.69 Å². The molecule has 1 fully saturated rings. The average Bonchev–Trinajstić information content (AvgIpc) is 3.02. The lowest BCUT2D eigenvalue weighted by Gasteiger charge is -2.33. The predicted molar refractivity (Wildman–Crippen MR) is 75.2 cm³/mol. The highest BCUT2D eigenvalue weighted by molar-refractivity contribution is 5.95. The van der Waals surface area contributed by atoms with E-state index in [1.165, 1.54) is 6.33 Å². The van der Waals surface area contributed by atoms with Crippen LogP contribution in [-0.2, 0) is 0 Å². The number of rotatable bonds is 2. The summed E-state index contributed by atoms with van der Waals surface area (Å²) in [6, 6.07) is 9.60. The summed E-state index contributed by atoms with van der Waals surface area (Å²) in [5.41, 5.74) is 0.469. The van der Waals surface area contributed by atoms with Gasteiger partial charge < -0.3 is 4.90 Å². The van der Waals surface area contributed by atoms with Crippen LogP contribution in [0, 0.1) is 0 Å². The second-order valence-corrected chi connectivity index (χ2v) is 5.45. The Kier molecular flexibility index (Phi) is 2.74. The summed E-state index contributed by atoms with van der Waals surface area (Å²) >= 11 is 0. The summed E-state index contributed by atoms with van der Waals surface area (Å²) in [5, 5.41) is 4.22. The first-order valence-corrected chi connectivity index (χ1v) is 6.49. The Morgan fingerprint density at radius 2 is 1.90 bits per heavy atom. The molecule has 0 saturated carbocycles. The van der Waals surface area contributed by atoms with Crippen molar-refractivity contribution in [3.63, 3.8) is 0 Å². The van der Waals surface area contributed by atoms with Crippen molar-refractivity contribution < 1.29 is 4.79 Å². The van der Waals surface area contributed by atoms with Gasteiger partial charge in [0, 0.05) is 12.7 Å². The minimum atomic E-state index is -0.388. The molecule has 2 heterocycles. The third-order valence-electron chi connectivity index (χ3n) is 3.96. The molecule has 0 unspecified atom stereocenters. The first kappa shape index (κ1) is 12.7. The molecule has 2 amide bonds. The molecular weight excluding hydrogens is 254 g/mol. The Labute approximate surface area is 117 Å². The van der Waals surface area contributed by atoms with Gasteiger partial charge in [-0.3, -0.25) is 4.90 Å². The summed E-state index contributed by atoms with van der Waals surface area (Å²) < 4.78 is 1.73. The molecule has 104 valence electrons. The van der Waals surface area contributed by atoms with E-state index < -0.39 is 0 Å². The smallest absolute Gasteiger partial charge is 0.318 e. The highest BCUT2D eigenvalue weighted by Crippen LogP contribution is 2.41. The number of amides is 2. The number of urea groups is 1. The standard InChI is InChI=1S/C14H17N5O/c1-14(2)12(18-10-15-9-16-18)19(13(20)17(14)3)11-7-5-4-6-8-11/h4-10,12H,1-3H3/t12-/m1/s1. The zero-order valence-electron chi connectivity index (χ0n) is 11.8. The van der Waals surface area contributed by atoms with Crippen molar-refractivity contribution in [1.82, 2.24) is 19.7 Å². The number of para-hydroxylation sites is 1. The third-order valence-corrected chi connectivity index (χ3v) is 3.96. The van der Waals surface area contributed by atoms with E-state index in [2.05, 4.69) is 10.1 Å². The zero-order chi connectivity index (χ0) is 14.3. The van der Waals surface area contributed by atoms with Gasteiger partial charge >= 0.3 is 6.03 Å². The first-order valence-electron chi connectivity index (χ1n) is 6.49. The monoisotopic (exact) mass is 271 g/mol. The van der Waals surface area contributed by atoms with E-state index in [4.69, 9.17) is 0 Å². The molecular formula is C14H17N5O. The molecule has 3 rings (SSSR count). The maximum absolute atomic E-state index is 12.6. The number of benzene rings is 1. The van der Waals surface area contributed by atoms with Crippen LogP contribution >= 0.6 is 0 Å². The Hall–Kier alpha value is -2.37. The fraction of sp³-hybridized carbons (Fsp3) is 0.357. The predicted octanol–water partition coefficient (Wildman–Crippen LogP) is 2.13. The fourth-order valence-electron chi connectivity index (χ4n) is 2.63. The topological polar surface area (TPSA) is 54.3 Å². The van der Waals surface area contributed by atoms with Gasteiger partial charge in [-0.15, -0.1) is 0 Å². The van der Waals surface area contributed by atoms with E-state index in [1.807, 2.05) is 51.2 Å². The number of nitrogens with zero attached hydrogens (tertiary/aromatic N) is 5. The molecule has 0 N–H and O–H groups in total. The van der Waals surface area contributed by atoms with Crippen molar-refractivity contribution in [2.75, 3.05) is 11.9 Å². The van der Waals surface area contributed by atoms with Crippen molar-refractivity contribution in [3.05, 3.63) is 43.0 Å². The fourth-order valence-corrected chi connectivity index (χ4v) is 2.63. The van der Waals surface area contributed by atoms with Crippen molar-refractivity contribution in [2.24, 2.45) is 0 Å². The van der Waals surface area contributed by atoms with Crippen molar-refractivity contribution in [2.45, 2.75) is 25.6 Å². The molecule has 0 radical (unpaired) electrons. The molecule has 1 aliphatic heterocycles. The van der Waals surface area contributed by atoms with Crippen LogP contribution in [0.1, 0.15) is 20.0 Å². The van der Waals surface area contributed by atoms with Gasteiger partial charge in [-0.1, -0.05) is 18.2 Å². The van der Waals surface area contributed by atoms with Gasteiger partial charge in [0.05, 0.1) is 5.54 Å². The van der Waals surface area contributed by atoms with Gasteiger partial charge in [0.25, 0.3) is 0 Å². The number of anilines is 1. The van der Waals surface area contributed by atoms with Crippen LogP contribution in [0.15, 0.2) is 43.0 Å². The van der Waals surface area contributed by atoms with E-state index in [9.17, 15) is 4.79 Å². The van der Waals surface area contributed by atoms with Crippen molar-refractivity contribution in [1.29, 1.82) is 0 Å². The zero-order valence-corrected chi connectivity index (χ0v) is 11.8. The number of aromatic nitrogens is 3. The minimum absolute atomic E-state index is 0.0401. The molecule has 0 aliphatic carbocycles. The van der Waals surface area contributed by atoms with E-state index >= 15 is 0 Å². The molecule has 6 heteroatoms. The number of likely N-dealkylation sites (N-methyl/N-ethyl adjacent to an activating group) is 1. The molecule has 1 aliphatic rings.